The van der Waals surface area contributed by atoms with Crippen molar-refractivity contribution in [2.24, 2.45) is 11.8 Å². The van der Waals surface area contributed by atoms with E-state index in [0.717, 1.165) is 13.0 Å². The predicted octanol–water partition coefficient (Wildman–Crippen LogP) is 1.33. The van der Waals surface area contributed by atoms with Gasteiger partial charge in [-0.25, -0.2) is 0 Å². The fraction of sp³-hybridized carbons (Fsp3) is 0.857. The summed E-state index contributed by atoms with van der Waals surface area (Å²) in [4.78, 5) is 24.8. The minimum Gasteiger partial charge on any atom is -0.481 e. The molecule has 1 aliphatic heterocycles. The molecule has 0 spiro atoms. The summed E-state index contributed by atoms with van der Waals surface area (Å²) >= 11 is 0. The van der Waals surface area contributed by atoms with E-state index in [9.17, 15) is 9.59 Å². The number of carboxylic acids is 1. The largest absolute Gasteiger partial charge is 0.481 e. The first-order valence-electron chi connectivity index (χ1n) is 7.13. The standard InChI is InChI=1S/C14H26N2O3/c1-10(2)4-6-15-13(17)9-16-7-5-12(14(18)19)8-11(16)3/h10-12H,4-9H2,1-3H3,(H,15,17)(H,18,19). The van der Waals surface area contributed by atoms with Crippen molar-refractivity contribution in [3.05, 3.63) is 0 Å². The maximum absolute atomic E-state index is 11.8. The number of hydrogen-bond donors (Lipinski definition) is 2. The third kappa shape index (κ3) is 5.59. The number of carboxylic acid groups (broad SMARTS) is 1. The molecule has 0 radical (unpaired) electrons. The topological polar surface area (TPSA) is 69.6 Å². The van der Waals surface area contributed by atoms with E-state index in [0.29, 0.717) is 31.8 Å². The minimum atomic E-state index is -0.715. The fourth-order valence-electron chi connectivity index (χ4n) is 2.42. The molecule has 0 aromatic carbocycles. The summed E-state index contributed by atoms with van der Waals surface area (Å²) in [5.41, 5.74) is 0. The SMILES string of the molecule is CC(C)CCNC(=O)CN1CCC(C(=O)O)CC1C. The van der Waals surface area contributed by atoms with Crippen LogP contribution in [-0.4, -0.2) is 47.6 Å². The summed E-state index contributed by atoms with van der Waals surface area (Å²) in [5.74, 6) is -0.338. The quantitative estimate of drug-likeness (QED) is 0.764. The summed E-state index contributed by atoms with van der Waals surface area (Å²) < 4.78 is 0. The van der Waals surface area contributed by atoms with Gasteiger partial charge in [0.25, 0.3) is 0 Å². The Bertz CT molecular complexity index is 318. The van der Waals surface area contributed by atoms with E-state index < -0.39 is 5.97 Å². The van der Waals surface area contributed by atoms with Crippen molar-refractivity contribution in [3.63, 3.8) is 0 Å². The van der Waals surface area contributed by atoms with Crippen LogP contribution in [0.3, 0.4) is 0 Å². The number of aliphatic carboxylic acids is 1. The Morgan fingerprint density at radius 3 is 2.63 bits per heavy atom. The molecule has 1 amide bonds. The molecule has 110 valence electrons. The number of rotatable bonds is 6. The van der Waals surface area contributed by atoms with E-state index in [-0.39, 0.29) is 17.9 Å². The maximum Gasteiger partial charge on any atom is 0.306 e. The second-order valence-electron chi connectivity index (χ2n) is 5.91. The smallest absolute Gasteiger partial charge is 0.306 e. The molecule has 2 atom stereocenters. The van der Waals surface area contributed by atoms with Gasteiger partial charge in [0.15, 0.2) is 0 Å². The van der Waals surface area contributed by atoms with Crippen LogP contribution in [0.5, 0.6) is 0 Å². The molecule has 2 unspecified atom stereocenters. The molecule has 0 aromatic heterocycles. The minimum absolute atomic E-state index is 0.0428. The summed E-state index contributed by atoms with van der Waals surface area (Å²) in [7, 11) is 0. The molecule has 5 nitrogen and oxygen atoms in total. The van der Waals surface area contributed by atoms with Crippen LogP contribution >= 0.6 is 0 Å². The fourth-order valence-corrected chi connectivity index (χ4v) is 2.42. The Hall–Kier alpha value is -1.10. The van der Waals surface area contributed by atoms with E-state index >= 15 is 0 Å². The van der Waals surface area contributed by atoms with Crippen molar-refractivity contribution in [3.8, 4) is 0 Å². The van der Waals surface area contributed by atoms with Gasteiger partial charge in [-0.15, -0.1) is 0 Å². The van der Waals surface area contributed by atoms with Crippen LogP contribution in [0, 0.1) is 11.8 Å². The maximum atomic E-state index is 11.8. The molecule has 1 aliphatic rings. The predicted molar refractivity (Wildman–Crippen MR) is 73.9 cm³/mol. The van der Waals surface area contributed by atoms with Crippen molar-refractivity contribution in [1.82, 2.24) is 10.2 Å². The van der Waals surface area contributed by atoms with Crippen molar-refractivity contribution in [2.75, 3.05) is 19.6 Å². The van der Waals surface area contributed by atoms with Crippen LogP contribution in [0.1, 0.15) is 40.0 Å². The first kappa shape index (κ1) is 16.0. The lowest BCUT2D eigenvalue weighted by molar-refractivity contribution is -0.144. The van der Waals surface area contributed by atoms with Gasteiger partial charge in [-0.2, -0.15) is 0 Å². The first-order chi connectivity index (χ1) is 8.90. The number of carbonyl (C=O) groups excluding carboxylic acids is 1. The number of carbonyl (C=O) groups is 2. The molecule has 1 heterocycles. The molecule has 0 bridgehead atoms. The molecular formula is C14H26N2O3. The van der Waals surface area contributed by atoms with Gasteiger partial charge >= 0.3 is 5.97 Å². The zero-order chi connectivity index (χ0) is 14.4. The molecular weight excluding hydrogens is 244 g/mol. The van der Waals surface area contributed by atoms with Crippen LogP contribution in [0.4, 0.5) is 0 Å². The molecule has 0 aliphatic carbocycles. The summed E-state index contributed by atoms with van der Waals surface area (Å²) in [5, 5.41) is 11.9. The molecule has 1 fully saturated rings. The summed E-state index contributed by atoms with van der Waals surface area (Å²) in [6.07, 6.45) is 2.26. The first-order valence-corrected chi connectivity index (χ1v) is 7.13. The van der Waals surface area contributed by atoms with E-state index in [1.54, 1.807) is 0 Å². The van der Waals surface area contributed by atoms with Gasteiger partial charge in [0.05, 0.1) is 12.5 Å². The average molecular weight is 270 g/mol. The van der Waals surface area contributed by atoms with E-state index in [1.165, 1.54) is 0 Å². The van der Waals surface area contributed by atoms with Gasteiger partial charge < -0.3 is 10.4 Å². The van der Waals surface area contributed by atoms with Gasteiger partial charge in [0, 0.05) is 12.6 Å². The van der Waals surface area contributed by atoms with Crippen molar-refractivity contribution in [2.45, 2.75) is 46.1 Å². The van der Waals surface area contributed by atoms with E-state index in [2.05, 4.69) is 24.1 Å². The monoisotopic (exact) mass is 270 g/mol. The van der Waals surface area contributed by atoms with Gasteiger partial charge in [-0.3, -0.25) is 14.5 Å². The number of piperidine rings is 1. The highest BCUT2D eigenvalue weighted by Gasteiger charge is 2.30. The zero-order valence-corrected chi connectivity index (χ0v) is 12.2. The van der Waals surface area contributed by atoms with E-state index in [4.69, 9.17) is 5.11 Å². The molecule has 1 saturated heterocycles. The second kappa shape index (κ2) is 7.48. The zero-order valence-electron chi connectivity index (χ0n) is 12.2. The van der Waals surface area contributed by atoms with Crippen molar-refractivity contribution >= 4 is 11.9 Å². The van der Waals surface area contributed by atoms with Gasteiger partial charge in [-0.05, 0) is 38.6 Å². The average Bonchev–Trinajstić information content (AvgIpc) is 2.31. The van der Waals surface area contributed by atoms with Crippen LogP contribution < -0.4 is 5.32 Å². The highest BCUT2D eigenvalue weighted by atomic mass is 16.4. The van der Waals surface area contributed by atoms with Gasteiger partial charge in [0.2, 0.25) is 5.91 Å². The lowest BCUT2D eigenvalue weighted by Crippen LogP contribution is -2.47. The van der Waals surface area contributed by atoms with Crippen LogP contribution in [0.2, 0.25) is 0 Å². The third-order valence-corrected chi connectivity index (χ3v) is 3.75. The van der Waals surface area contributed by atoms with Crippen LogP contribution in [-0.2, 0) is 9.59 Å². The van der Waals surface area contributed by atoms with Crippen LogP contribution in [0.15, 0.2) is 0 Å². The number of amides is 1. The summed E-state index contributed by atoms with van der Waals surface area (Å²) in [6, 6.07) is 0.158. The molecule has 0 aromatic rings. The summed E-state index contributed by atoms with van der Waals surface area (Å²) in [6.45, 7) is 8.05. The molecule has 2 N–H and O–H groups in total. The lowest BCUT2D eigenvalue weighted by atomic mass is 9.92. The Labute approximate surface area is 115 Å². The third-order valence-electron chi connectivity index (χ3n) is 3.75. The number of likely N-dealkylation sites (tertiary alicyclic amines) is 1. The molecule has 1 rings (SSSR count). The lowest BCUT2D eigenvalue weighted by Gasteiger charge is -2.35. The highest BCUT2D eigenvalue weighted by molar-refractivity contribution is 5.78. The molecule has 19 heavy (non-hydrogen) atoms. The van der Waals surface area contributed by atoms with Crippen molar-refractivity contribution < 1.29 is 14.7 Å². The number of nitrogens with zero attached hydrogens (tertiary/aromatic N) is 1. The van der Waals surface area contributed by atoms with E-state index in [1.807, 2.05) is 6.92 Å². The van der Waals surface area contributed by atoms with Gasteiger partial charge in [0.1, 0.15) is 0 Å². The van der Waals surface area contributed by atoms with Crippen LogP contribution in [0.25, 0.3) is 0 Å². The Morgan fingerprint density at radius 1 is 1.42 bits per heavy atom. The Balaban J connectivity index is 2.29. The second-order valence-corrected chi connectivity index (χ2v) is 5.91. The molecule has 5 heteroatoms. The Kier molecular flexibility index (Phi) is 6.28. The number of nitrogens with one attached hydrogen (secondary N) is 1. The normalized spacial score (nSPS) is 24.4. The van der Waals surface area contributed by atoms with Gasteiger partial charge in [-0.1, -0.05) is 13.8 Å². The highest BCUT2D eigenvalue weighted by Crippen LogP contribution is 2.22. The van der Waals surface area contributed by atoms with Crippen molar-refractivity contribution in [1.29, 1.82) is 0 Å². The Morgan fingerprint density at radius 2 is 2.11 bits per heavy atom. The number of hydrogen-bond acceptors (Lipinski definition) is 3. The molecule has 0 saturated carbocycles.